The Hall–Kier alpha value is -0.770. The van der Waals surface area contributed by atoms with Gasteiger partial charge in [0.25, 0.3) is 0 Å². The van der Waals surface area contributed by atoms with E-state index in [2.05, 4.69) is 52.3 Å². The van der Waals surface area contributed by atoms with Gasteiger partial charge in [0.2, 0.25) is 0 Å². The van der Waals surface area contributed by atoms with Gasteiger partial charge in [0.15, 0.2) is 0 Å². The van der Waals surface area contributed by atoms with Crippen molar-refractivity contribution in [3.8, 4) is 0 Å². The van der Waals surface area contributed by atoms with Gasteiger partial charge in [-0.1, -0.05) is 39.8 Å². The van der Waals surface area contributed by atoms with Gasteiger partial charge in [-0.05, 0) is 67.1 Å². The van der Waals surface area contributed by atoms with Crippen LogP contribution in [0.15, 0.2) is 50.7 Å². The third-order valence-electron chi connectivity index (χ3n) is 3.77. The molecule has 0 amide bonds. The van der Waals surface area contributed by atoms with Crippen LogP contribution in [0, 0.1) is 0 Å². The highest BCUT2D eigenvalue weighted by molar-refractivity contribution is 9.10. The first-order valence-corrected chi connectivity index (χ1v) is 8.59. The molecule has 2 aromatic rings. The molecule has 1 atom stereocenters. The fourth-order valence-corrected chi connectivity index (χ4v) is 4.50. The van der Waals surface area contributed by atoms with Gasteiger partial charge >= 0.3 is 0 Å². The second-order valence-electron chi connectivity index (χ2n) is 5.36. The monoisotopic (exact) mass is 347 g/mol. The molecule has 0 bridgehead atoms. The SMILES string of the molecule is C[C@H](N)c1ccc(Sc2ccc3c(c2)CCC3)cc1Br. The highest BCUT2D eigenvalue weighted by atomic mass is 79.9. The summed E-state index contributed by atoms with van der Waals surface area (Å²) in [6.45, 7) is 2.01. The minimum atomic E-state index is 0.0587. The summed E-state index contributed by atoms with van der Waals surface area (Å²) in [5.41, 5.74) is 10.2. The lowest BCUT2D eigenvalue weighted by molar-refractivity contribution is 0.811. The van der Waals surface area contributed by atoms with E-state index in [0.29, 0.717) is 0 Å². The number of hydrogen-bond donors (Lipinski definition) is 1. The molecular weight excluding hydrogens is 330 g/mol. The van der Waals surface area contributed by atoms with Crippen LogP contribution >= 0.6 is 27.7 Å². The predicted octanol–water partition coefficient (Wildman–Crippen LogP) is 5.11. The van der Waals surface area contributed by atoms with Crippen molar-refractivity contribution in [3.05, 3.63) is 57.6 Å². The molecule has 1 nitrogen and oxygen atoms in total. The normalized spacial score (nSPS) is 15.2. The number of fused-ring (bicyclic) bond motifs is 1. The summed E-state index contributed by atoms with van der Waals surface area (Å²) in [6.07, 6.45) is 3.78. The van der Waals surface area contributed by atoms with Crippen molar-refractivity contribution in [2.75, 3.05) is 0 Å². The van der Waals surface area contributed by atoms with Gasteiger partial charge in [0.05, 0.1) is 0 Å². The molecule has 104 valence electrons. The van der Waals surface area contributed by atoms with Gasteiger partial charge in [0, 0.05) is 20.3 Å². The van der Waals surface area contributed by atoms with E-state index >= 15 is 0 Å². The third-order valence-corrected chi connectivity index (χ3v) is 5.43. The number of nitrogens with two attached hydrogens (primary N) is 1. The highest BCUT2D eigenvalue weighted by Gasteiger charge is 2.12. The average molecular weight is 348 g/mol. The lowest BCUT2D eigenvalue weighted by Gasteiger charge is -2.10. The van der Waals surface area contributed by atoms with Gasteiger partial charge in [0.1, 0.15) is 0 Å². The summed E-state index contributed by atoms with van der Waals surface area (Å²) in [4.78, 5) is 2.57. The Labute approximate surface area is 133 Å². The van der Waals surface area contributed by atoms with Crippen LogP contribution in [0.5, 0.6) is 0 Å². The number of halogens is 1. The molecule has 3 rings (SSSR count). The Balaban J connectivity index is 1.83. The van der Waals surface area contributed by atoms with Crippen molar-refractivity contribution in [1.29, 1.82) is 0 Å². The van der Waals surface area contributed by atoms with Crippen LogP contribution in [0.1, 0.15) is 36.1 Å². The topological polar surface area (TPSA) is 26.0 Å². The van der Waals surface area contributed by atoms with Crippen molar-refractivity contribution in [1.82, 2.24) is 0 Å². The van der Waals surface area contributed by atoms with Gasteiger partial charge in [-0.25, -0.2) is 0 Å². The molecule has 20 heavy (non-hydrogen) atoms. The maximum atomic E-state index is 5.94. The molecule has 0 heterocycles. The van der Waals surface area contributed by atoms with Crippen LogP contribution in [-0.2, 0) is 12.8 Å². The van der Waals surface area contributed by atoms with Crippen molar-refractivity contribution in [2.24, 2.45) is 5.73 Å². The molecule has 3 heteroatoms. The average Bonchev–Trinajstić information content (AvgIpc) is 2.85. The fourth-order valence-electron chi connectivity index (χ4n) is 2.69. The Bertz CT molecular complexity index is 637. The van der Waals surface area contributed by atoms with Crippen molar-refractivity contribution < 1.29 is 0 Å². The van der Waals surface area contributed by atoms with E-state index in [4.69, 9.17) is 5.73 Å². The lowest BCUT2D eigenvalue weighted by atomic mass is 10.1. The summed E-state index contributed by atoms with van der Waals surface area (Å²) in [6, 6.07) is 13.4. The molecule has 1 aliphatic carbocycles. The summed E-state index contributed by atoms with van der Waals surface area (Å²) in [5.74, 6) is 0. The number of aryl methyl sites for hydroxylation is 2. The molecule has 0 saturated carbocycles. The molecule has 0 aromatic heterocycles. The largest absolute Gasteiger partial charge is 0.324 e. The van der Waals surface area contributed by atoms with E-state index < -0.39 is 0 Å². The quantitative estimate of drug-likeness (QED) is 0.834. The second-order valence-corrected chi connectivity index (χ2v) is 7.36. The van der Waals surface area contributed by atoms with Crippen LogP contribution < -0.4 is 5.73 Å². The van der Waals surface area contributed by atoms with E-state index in [1.165, 1.54) is 40.2 Å². The molecule has 0 unspecified atom stereocenters. The molecular formula is C17H18BrNS. The predicted molar refractivity (Wildman–Crippen MR) is 89.3 cm³/mol. The van der Waals surface area contributed by atoms with Crippen LogP contribution in [0.3, 0.4) is 0 Å². The minimum Gasteiger partial charge on any atom is -0.324 e. The maximum absolute atomic E-state index is 5.94. The zero-order chi connectivity index (χ0) is 14.1. The molecule has 0 saturated heterocycles. The van der Waals surface area contributed by atoms with E-state index in [1.54, 1.807) is 0 Å². The second kappa shape index (κ2) is 5.92. The minimum absolute atomic E-state index is 0.0587. The number of hydrogen-bond acceptors (Lipinski definition) is 2. The Morgan fingerprint density at radius 3 is 2.50 bits per heavy atom. The number of rotatable bonds is 3. The molecule has 0 aliphatic heterocycles. The Morgan fingerprint density at radius 2 is 1.75 bits per heavy atom. The fraction of sp³-hybridized carbons (Fsp3) is 0.294. The van der Waals surface area contributed by atoms with Gasteiger partial charge in [-0.2, -0.15) is 0 Å². The van der Waals surface area contributed by atoms with Crippen molar-refractivity contribution >= 4 is 27.7 Å². The Morgan fingerprint density at radius 1 is 1.05 bits per heavy atom. The summed E-state index contributed by atoms with van der Waals surface area (Å²) in [5, 5.41) is 0. The lowest BCUT2D eigenvalue weighted by Crippen LogP contribution is -2.05. The van der Waals surface area contributed by atoms with Gasteiger partial charge in [-0.3, -0.25) is 0 Å². The van der Waals surface area contributed by atoms with Crippen LogP contribution in [0.2, 0.25) is 0 Å². The van der Waals surface area contributed by atoms with Gasteiger partial charge in [-0.15, -0.1) is 0 Å². The summed E-state index contributed by atoms with van der Waals surface area (Å²) in [7, 11) is 0. The van der Waals surface area contributed by atoms with E-state index in [9.17, 15) is 0 Å². The maximum Gasteiger partial charge on any atom is 0.0277 e. The molecule has 0 spiro atoms. The molecule has 2 aromatic carbocycles. The Kier molecular flexibility index (Phi) is 4.20. The van der Waals surface area contributed by atoms with Crippen LogP contribution in [-0.4, -0.2) is 0 Å². The van der Waals surface area contributed by atoms with E-state index in [0.717, 1.165) is 10.0 Å². The standard InChI is InChI=1S/C17H18BrNS/c1-11(19)16-8-7-15(10-17(16)18)20-14-6-5-12-3-2-4-13(12)9-14/h5-11H,2-4,19H2,1H3/t11-/m0/s1. The summed E-state index contributed by atoms with van der Waals surface area (Å²) >= 11 is 5.43. The highest BCUT2D eigenvalue weighted by Crippen LogP contribution is 2.34. The van der Waals surface area contributed by atoms with Crippen molar-refractivity contribution in [3.63, 3.8) is 0 Å². The molecule has 2 N–H and O–H groups in total. The zero-order valence-electron chi connectivity index (χ0n) is 11.5. The first-order valence-electron chi connectivity index (χ1n) is 6.98. The van der Waals surface area contributed by atoms with E-state index in [-0.39, 0.29) is 6.04 Å². The zero-order valence-corrected chi connectivity index (χ0v) is 13.9. The molecule has 0 radical (unpaired) electrons. The number of benzene rings is 2. The van der Waals surface area contributed by atoms with Crippen LogP contribution in [0.25, 0.3) is 0 Å². The third kappa shape index (κ3) is 2.95. The van der Waals surface area contributed by atoms with E-state index in [1.807, 2.05) is 18.7 Å². The smallest absolute Gasteiger partial charge is 0.0277 e. The first-order chi connectivity index (χ1) is 9.63. The molecule has 1 aliphatic rings. The van der Waals surface area contributed by atoms with Crippen molar-refractivity contribution in [2.45, 2.75) is 42.0 Å². The molecule has 0 fully saturated rings. The first kappa shape index (κ1) is 14.2. The van der Waals surface area contributed by atoms with Crippen LogP contribution in [0.4, 0.5) is 0 Å². The summed E-state index contributed by atoms with van der Waals surface area (Å²) < 4.78 is 1.10. The van der Waals surface area contributed by atoms with Gasteiger partial charge < -0.3 is 5.73 Å².